The first-order chi connectivity index (χ1) is 9.37. The summed E-state index contributed by atoms with van der Waals surface area (Å²) in [5, 5.41) is 9.11. The average Bonchev–Trinajstić information content (AvgIpc) is 3.17. The number of halogens is 2. The topological polar surface area (TPSA) is 46.5 Å². The van der Waals surface area contributed by atoms with E-state index in [1.807, 2.05) is 0 Å². The summed E-state index contributed by atoms with van der Waals surface area (Å²) in [6, 6.07) is 4.84. The van der Waals surface area contributed by atoms with Gasteiger partial charge in [-0.2, -0.15) is 0 Å². The predicted molar refractivity (Wildman–Crippen MR) is 70.7 cm³/mol. The quantitative estimate of drug-likeness (QED) is 0.767. The fraction of sp³-hybridized carbons (Fsp3) is 0.533. The number of carboxylic acid groups (broad SMARTS) is 1. The maximum absolute atomic E-state index is 12.6. The van der Waals surface area contributed by atoms with Crippen LogP contribution < -0.4 is 4.74 Å². The summed E-state index contributed by atoms with van der Waals surface area (Å²) >= 11 is 0. The van der Waals surface area contributed by atoms with E-state index < -0.39 is 11.9 Å². The molecule has 1 saturated carbocycles. The van der Waals surface area contributed by atoms with Crippen LogP contribution >= 0.6 is 0 Å². The van der Waals surface area contributed by atoms with Gasteiger partial charge in [-0.25, -0.2) is 13.6 Å². The van der Waals surface area contributed by atoms with Crippen molar-refractivity contribution in [3.63, 3.8) is 0 Å². The molecule has 0 spiro atoms. The van der Waals surface area contributed by atoms with Crippen molar-refractivity contribution in [1.82, 2.24) is 0 Å². The Morgan fingerprint density at radius 1 is 1.45 bits per heavy atom. The van der Waals surface area contributed by atoms with Crippen molar-refractivity contribution in [2.45, 2.75) is 44.4 Å². The second-order valence-corrected chi connectivity index (χ2v) is 5.35. The fourth-order valence-corrected chi connectivity index (χ4v) is 2.13. The second-order valence-electron chi connectivity index (χ2n) is 5.35. The van der Waals surface area contributed by atoms with Gasteiger partial charge in [0.05, 0.1) is 12.2 Å². The summed E-state index contributed by atoms with van der Waals surface area (Å²) < 4.78 is 30.7. The van der Waals surface area contributed by atoms with Gasteiger partial charge in [0.1, 0.15) is 5.75 Å². The number of carbonyl (C=O) groups is 1. The summed E-state index contributed by atoms with van der Waals surface area (Å²) in [6.45, 7) is 1.10. The third kappa shape index (κ3) is 4.18. The molecule has 0 bridgehead atoms. The molecule has 1 aromatic rings. The zero-order chi connectivity index (χ0) is 14.8. The van der Waals surface area contributed by atoms with Gasteiger partial charge in [0.25, 0.3) is 0 Å². The van der Waals surface area contributed by atoms with E-state index in [4.69, 9.17) is 9.84 Å². The van der Waals surface area contributed by atoms with Gasteiger partial charge in [0.2, 0.25) is 5.92 Å². The molecular formula is C15H18F2O3. The molecular weight excluding hydrogens is 266 g/mol. The molecule has 0 heterocycles. The molecule has 20 heavy (non-hydrogen) atoms. The zero-order valence-corrected chi connectivity index (χ0v) is 11.4. The number of alkyl halides is 2. The maximum atomic E-state index is 12.6. The molecule has 0 aromatic heterocycles. The van der Waals surface area contributed by atoms with E-state index in [1.54, 1.807) is 12.1 Å². The van der Waals surface area contributed by atoms with Crippen molar-refractivity contribution in [2.24, 2.45) is 0 Å². The maximum Gasteiger partial charge on any atom is 0.335 e. The van der Waals surface area contributed by atoms with Crippen LogP contribution in [0.3, 0.4) is 0 Å². The fourth-order valence-electron chi connectivity index (χ4n) is 2.13. The molecule has 1 aliphatic rings. The molecule has 5 heteroatoms. The Kier molecular flexibility index (Phi) is 4.26. The number of benzene rings is 1. The summed E-state index contributed by atoms with van der Waals surface area (Å²) in [4.78, 5) is 11.1. The third-order valence-electron chi connectivity index (χ3n) is 3.30. The molecule has 110 valence electrons. The lowest BCUT2D eigenvalue weighted by atomic mass is 10.0. The first-order valence-corrected chi connectivity index (χ1v) is 6.75. The first-order valence-electron chi connectivity index (χ1n) is 6.75. The van der Waals surface area contributed by atoms with E-state index in [9.17, 15) is 13.6 Å². The summed E-state index contributed by atoms with van der Waals surface area (Å²) in [7, 11) is 0. The van der Waals surface area contributed by atoms with Gasteiger partial charge in [-0.3, -0.25) is 0 Å². The lowest BCUT2D eigenvalue weighted by Gasteiger charge is -2.12. The molecule has 1 aliphatic carbocycles. The van der Waals surface area contributed by atoms with Gasteiger partial charge in [-0.1, -0.05) is 0 Å². The Bertz CT molecular complexity index is 490. The lowest BCUT2D eigenvalue weighted by Crippen LogP contribution is -2.11. The normalized spacial score (nSPS) is 15.2. The molecule has 0 saturated heterocycles. The van der Waals surface area contributed by atoms with Gasteiger partial charge >= 0.3 is 5.97 Å². The highest BCUT2D eigenvalue weighted by atomic mass is 19.3. The van der Waals surface area contributed by atoms with Crippen molar-refractivity contribution in [3.8, 4) is 5.75 Å². The van der Waals surface area contributed by atoms with Gasteiger partial charge < -0.3 is 9.84 Å². The minimum Gasteiger partial charge on any atom is -0.494 e. The molecule has 0 aliphatic heterocycles. The molecule has 2 rings (SSSR count). The van der Waals surface area contributed by atoms with Crippen LogP contribution in [0.15, 0.2) is 18.2 Å². The number of hydrogen-bond donors (Lipinski definition) is 1. The highest BCUT2D eigenvalue weighted by molar-refractivity contribution is 5.90. The summed E-state index contributed by atoms with van der Waals surface area (Å²) in [5.74, 6) is -2.76. The predicted octanol–water partition coefficient (Wildman–Crippen LogP) is 4.08. The Morgan fingerprint density at radius 3 is 2.70 bits per heavy atom. The molecule has 0 amide bonds. The van der Waals surface area contributed by atoms with Crippen LogP contribution in [0.1, 0.15) is 54.4 Å². The van der Waals surface area contributed by atoms with Crippen LogP contribution in [-0.4, -0.2) is 23.6 Å². The van der Waals surface area contributed by atoms with Crippen LogP contribution in [0.25, 0.3) is 0 Å². The van der Waals surface area contributed by atoms with Gasteiger partial charge in [0.15, 0.2) is 0 Å². The number of carboxylic acids is 1. The van der Waals surface area contributed by atoms with Gasteiger partial charge in [0, 0.05) is 6.42 Å². The van der Waals surface area contributed by atoms with Crippen molar-refractivity contribution in [1.29, 1.82) is 0 Å². The third-order valence-corrected chi connectivity index (χ3v) is 3.30. The molecule has 0 unspecified atom stereocenters. The van der Waals surface area contributed by atoms with Crippen molar-refractivity contribution in [3.05, 3.63) is 29.3 Å². The minimum absolute atomic E-state index is 0.208. The van der Waals surface area contributed by atoms with Crippen LogP contribution in [0.5, 0.6) is 5.75 Å². The van der Waals surface area contributed by atoms with E-state index in [1.165, 1.54) is 6.07 Å². The SMILES string of the molecule is CC(F)(F)CCCOc1ccc(C(=O)O)c(C2CC2)c1. The number of rotatable bonds is 7. The average molecular weight is 284 g/mol. The number of ether oxygens (including phenoxy) is 1. The largest absolute Gasteiger partial charge is 0.494 e. The van der Waals surface area contributed by atoms with Crippen LogP contribution in [0.4, 0.5) is 8.78 Å². The van der Waals surface area contributed by atoms with Crippen LogP contribution in [-0.2, 0) is 0 Å². The second kappa shape index (κ2) is 5.77. The molecule has 1 N–H and O–H groups in total. The van der Waals surface area contributed by atoms with Crippen molar-refractivity contribution < 1.29 is 23.4 Å². The molecule has 1 fully saturated rings. The van der Waals surface area contributed by atoms with Gasteiger partial charge in [-0.05, 0) is 55.9 Å². The Balaban J connectivity index is 1.95. The lowest BCUT2D eigenvalue weighted by molar-refractivity contribution is 0.00767. The van der Waals surface area contributed by atoms with E-state index in [0.717, 1.165) is 25.3 Å². The van der Waals surface area contributed by atoms with Gasteiger partial charge in [-0.15, -0.1) is 0 Å². The standard InChI is InChI=1S/C15H18F2O3/c1-15(16,17)7-2-8-20-11-5-6-12(14(18)19)13(9-11)10-3-4-10/h5-6,9-10H,2-4,7-8H2,1H3,(H,18,19). The summed E-state index contributed by atoms with van der Waals surface area (Å²) in [6.07, 6.45) is 2.04. The Hall–Kier alpha value is -1.65. The summed E-state index contributed by atoms with van der Waals surface area (Å²) in [5.41, 5.74) is 1.09. The van der Waals surface area contributed by atoms with Crippen LogP contribution in [0, 0.1) is 0 Å². The highest BCUT2D eigenvalue weighted by Crippen LogP contribution is 2.42. The zero-order valence-electron chi connectivity index (χ0n) is 11.4. The Labute approximate surface area is 116 Å². The van der Waals surface area contributed by atoms with E-state index in [2.05, 4.69) is 0 Å². The molecule has 3 nitrogen and oxygen atoms in total. The Morgan fingerprint density at radius 2 is 2.15 bits per heavy atom. The van der Waals surface area contributed by atoms with E-state index in [-0.39, 0.29) is 19.4 Å². The first kappa shape index (κ1) is 14.8. The molecule has 0 atom stereocenters. The smallest absolute Gasteiger partial charge is 0.335 e. The monoisotopic (exact) mass is 284 g/mol. The van der Waals surface area contributed by atoms with Crippen molar-refractivity contribution in [2.75, 3.05) is 6.61 Å². The molecule has 1 aromatic carbocycles. The molecule has 0 radical (unpaired) electrons. The van der Waals surface area contributed by atoms with E-state index >= 15 is 0 Å². The van der Waals surface area contributed by atoms with Crippen molar-refractivity contribution >= 4 is 5.97 Å². The minimum atomic E-state index is -2.67. The van der Waals surface area contributed by atoms with E-state index in [0.29, 0.717) is 17.2 Å². The highest BCUT2D eigenvalue weighted by Gasteiger charge is 2.28. The van der Waals surface area contributed by atoms with Crippen LogP contribution in [0.2, 0.25) is 0 Å². The number of hydrogen-bond acceptors (Lipinski definition) is 2. The number of aromatic carboxylic acids is 1.